The average Bonchev–Trinajstić information content (AvgIpc) is 2.01. The molecule has 1 aliphatic heterocycles. The van der Waals surface area contributed by atoms with Crippen molar-refractivity contribution in [2.45, 2.75) is 38.5 Å². The lowest BCUT2D eigenvalue weighted by Gasteiger charge is -2.39. The molecule has 3 N–H and O–H groups in total. The molecule has 1 rings (SSSR count). The Morgan fingerprint density at radius 1 is 1.43 bits per heavy atom. The van der Waals surface area contributed by atoms with Crippen molar-refractivity contribution in [3.05, 3.63) is 0 Å². The Bertz CT molecular complexity index is 175. The maximum atomic E-state index is 9.07. The van der Waals surface area contributed by atoms with Crippen molar-refractivity contribution < 1.29 is 9.84 Å². The maximum Gasteiger partial charge on any atom is 0.0678 e. The van der Waals surface area contributed by atoms with E-state index in [-0.39, 0.29) is 18.8 Å². The molecular weight excluding hydrogens is 180 g/mol. The highest BCUT2D eigenvalue weighted by Crippen LogP contribution is 2.12. The molecule has 0 bridgehead atoms. The predicted octanol–water partition coefficient (Wildman–Crippen LogP) is -0.195. The number of aliphatic hydroxyl groups is 1. The second-order valence-corrected chi connectivity index (χ2v) is 4.76. The Labute approximate surface area is 86.0 Å². The quantitative estimate of drug-likeness (QED) is 0.666. The number of aliphatic hydroxyl groups excluding tert-OH is 1. The average molecular weight is 202 g/mol. The molecule has 0 radical (unpaired) electrons. The van der Waals surface area contributed by atoms with Gasteiger partial charge in [0, 0.05) is 25.2 Å². The maximum absolute atomic E-state index is 9.07. The summed E-state index contributed by atoms with van der Waals surface area (Å²) in [5.41, 5.74) is 5.40. The van der Waals surface area contributed by atoms with Gasteiger partial charge in [0.05, 0.1) is 18.8 Å². The highest BCUT2D eigenvalue weighted by Gasteiger charge is 2.27. The van der Waals surface area contributed by atoms with E-state index in [1.54, 1.807) is 0 Å². The number of hydrogen-bond acceptors (Lipinski definition) is 4. The fourth-order valence-corrected chi connectivity index (χ4v) is 1.97. The van der Waals surface area contributed by atoms with Gasteiger partial charge in [0.2, 0.25) is 0 Å². The van der Waals surface area contributed by atoms with E-state index < -0.39 is 5.54 Å². The highest BCUT2D eigenvalue weighted by molar-refractivity contribution is 4.85. The molecule has 1 fully saturated rings. The third-order valence-corrected chi connectivity index (χ3v) is 2.44. The Balaban J connectivity index is 2.44. The third-order valence-electron chi connectivity index (χ3n) is 2.44. The standard InChI is InChI=1S/C10H22N2O2/c1-8-4-12(5-9(2)14-8)6-10(3,11)7-13/h8-9,13H,4-7,11H2,1-3H3. The molecule has 0 spiro atoms. The fourth-order valence-electron chi connectivity index (χ4n) is 1.97. The van der Waals surface area contributed by atoms with Crippen molar-refractivity contribution in [2.24, 2.45) is 5.73 Å². The molecule has 0 aromatic heterocycles. The van der Waals surface area contributed by atoms with Crippen LogP contribution in [0.4, 0.5) is 0 Å². The number of ether oxygens (including phenoxy) is 1. The second-order valence-electron chi connectivity index (χ2n) is 4.76. The molecule has 0 amide bonds. The predicted molar refractivity (Wildman–Crippen MR) is 56.1 cm³/mol. The summed E-state index contributed by atoms with van der Waals surface area (Å²) in [6.07, 6.45) is 0.515. The van der Waals surface area contributed by atoms with Gasteiger partial charge >= 0.3 is 0 Å². The summed E-state index contributed by atoms with van der Waals surface area (Å²) in [5, 5.41) is 9.07. The molecule has 1 heterocycles. The molecule has 1 aliphatic rings. The first-order valence-corrected chi connectivity index (χ1v) is 5.20. The van der Waals surface area contributed by atoms with E-state index in [4.69, 9.17) is 15.6 Å². The molecule has 0 aliphatic carbocycles. The lowest BCUT2D eigenvalue weighted by Crippen LogP contribution is -2.55. The van der Waals surface area contributed by atoms with Gasteiger partial charge in [-0.15, -0.1) is 0 Å². The SMILES string of the molecule is CC1CN(CC(C)(N)CO)CC(C)O1. The van der Waals surface area contributed by atoms with Crippen LogP contribution in [0.5, 0.6) is 0 Å². The zero-order valence-electron chi connectivity index (χ0n) is 9.36. The van der Waals surface area contributed by atoms with E-state index in [1.165, 1.54) is 0 Å². The number of rotatable bonds is 3. The number of nitrogens with zero attached hydrogens (tertiary/aromatic N) is 1. The molecule has 1 saturated heterocycles. The third kappa shape index (κ3) is 3.53. The minimum Gasteiger partial charge on any atom is -0.394 e. The first kappa shape index (κ1) is 11.9. The topological polar surface area (TPSA) is 58.7 Å². The van der Waals surface area contributed by atoms with Gasteiger partial charge in [0.15, 0.2) is 0 Å². The molecule has 3 atom stereocenters. The highest BCUT2D eigenvalue weighted by atomic mass is 16.5. The van der Waals surface area contributed by atoms with Crippen LogP contribution in [0, 0.1) is 0 Å². The van der Waals surface area contributed by atoms with E-state index in [2.05, 4.69) is 18.7 Å². The van der Waals surface area contributed by atoms with Crippen LogP contribution < -0.4 is 5.73 Å². The van der Waals surface area contributed by atoms with Gasteiger partial charge in [0.1, 0.15) is 0 Å². The smallest absolute Gasteiger partial charge is 0.0678 e. The molecular formula is C10H22N2O2. The van der Waals surface area contributed by atoms with Gasteiger partial charge in [-0.05, 0) is 20.8 Å². The second kappa shape index (κ2) is 4.57. The van der Waals surface area contributed by atoms with Crippen LogP contribution in [0.1, 0.15) is 20.8 Å². The Kier molecular flexibility index (Phi) is 3.89. The summed E-state index contributed by atoms with van der Waals surface area (Å²) in [6, 6.07) is 0. The van der Waals surface area contributed by atoms with E-state index >= 15 is 0 Å². The van der Waals surface area contributed by atoms with E-state index in [9.17, 15) is 0 Å². The fraction of sp³-hybridized carbons (Fsp3) is 1.00. The normalized spacial score (nSPS) is 34.1. The minimum absolute atomic E-state index is 0.0210. The van der Waals surface area contributed by atoms with Gasteiger partial charge in [-0.3, -0.25) is 4.90 Å². The first-order chi connectivity index (χ1) is 6.43. The zero-order chi connectivity index (χ0) is 10.8. The van der Waals surface area contributed by atoms with E-state index in [0.717, 1.165) is 19.6 Å². The van der Waals surface area contributed by atoms with Gasteiger partial charge in [0.25, 0.3) is 0 Å². The van der Waals surface area contributed by atoms with Crippen LogP contribution in [-0.4, -0.2) is 54.0 Å². The Hall–Kier alpha value is -0.160. The molecule has 3 unspecified atom stereocenters. The van der Waals surface area contributed by atoms with Crippen LogP contribution in [0.15, 0.2) is 0 Å². The molecule has 84 valence electrons. The van der Waals surface area contributed by atoms with E-state index in [1.807, 2.05) is 6.92 Å². The summed E-state index contributed by atoms with van der Waals surface area (Å²) >= 11 is 0. The Morgan fingerprint density at radius 3 is 2.36 bits per heavy atom. The van der Waals surface area contributed by atoms with Gasteiger partial charge in [-0.2, -0.15) is 0 Å². The Morgan fingerprint density at radius 2 is 1.93 bits per heavy atom. The van der Waals surface area contributed by atoms with Crippen molar-refractivity contribution in [3.63, 3.8) is 0 Å². The minimum atomic E-state index is -0.503. The number of nitrogens with two attached hydrogens (primary N) is 1. The van der Waals surface area contributed by atoms with Crippen LogP contribution in [0.25, 0.3) is 0 Å². The van der Waals surface area contributed by atoms with Crippen molar-refractivity contribution in [1.82, 2.24) is 4.90 Å². The van der Waals surface area contributed by atoms with Crippen LogP contribution in [-0.2, 0) is 4.74 Å². The monoisotopic (exact) mass is 202 g/mol. The van der Waals surface area contributed by atoms with Crippen LogP contribution >= 0.6 is 0 Å². The summed E-state index contributed by atoms with van der Waals surface area (Å²) in [4.78, 5) is 2.26. The van der Waals surface area contributed by atoms with Crippen molar-refractivity contribution in [1.29, 1.82) is 0 Å². The van der Waals surface area contributed by atoms with Gasteiger partial charge in [-0.1, -0.05) is 0 Å². The summed E-state index contributed by atoms with van der Waals surface area (Å²) in [5.74, 6) is 0. The van der Waals surface area contributed by atoms with Gasteiger partial charge < -0.3 is 15.6 Å². The summed E-state index contributed by atoms with van der Waals surface area (Å²) in [7, 11) is 0. The zero-order valence-corrected chi connectivity index (χ0v) is 9.36. The van der Waals surface area contributed by atoms with Crippen molar-refractivity contribution in [2.75, 3.05) is 26.2 Å². The van der Waals surface area contributed by atoms with Crippen molar-refractivity contribution in [3.8, 4) is 0 Å². The van der Waals surface area contributed by atoms with Crippen LogP contribution in [0.3, 0.4) is 0 Å². The first-order valence-electron chi connectivity index (χ1n) is 5.20. The molecule has 0 aromatic rings. The summed E-state index contributed by atoms with van der Waals surface area (Å²) < 4.78 is 5.62. The lowest BCUT2D eigenvalue weighted by molar-refractivity contribution is -0.0738. The number of morpholine rings is 1. The van der Waals surface area contributed by atoms with Gasteiger partial charge in [-0.25, -0.2) is 0 Å². The van der Waals surface area contributed by atoms with Crippen LogP contribution in [0.2, 0.25) is 0 Å². The molecule has 4 heteroatoms. The number of hydrogen-bond donors (Lipinski definition) is 2. The largest absolute Gasteiger partial charge is 0.394 e. The molecule has 0 aromatic carbocycles. The molecule has 4 nitrogen and oxygen atoms in total. The molecule has 14 heavy (non-hydrogen) atoms. The summed E-state index contributed by atoms with van der Waals surface area (Å²) in [6.45, 7) is 8.55. The van der Waals surface area contributed by atoms with Crippen molar-refractivity contribution >= 4 is 0 Å². The lowest BCUT2D eigenvalue weighted by atomic mass is 10.0. The van der Waals surface area contributed by atoms with E-state index in [0.29, 0.717) is 0 Å². The molecule has 0 saturated carbocycles.